The molecule has 1 aliphatic rings. The van der Waals surface area contributed by atoms with Crippen LogP contribution < -0.4 is 9.47 Å². The Hall–Kier alpha value is -4.95. The summed E-state index contributed by atoms with van der Waals surface area (Å²) in [5, 5.41) is 21.6. The quantitative estimate of drug-likeness (QED) is 0.0438. The summed E-state index contributed by atoms with van der Waals surface area (Å²) < 4.78 is 35.6. The summed E-state index contributed by atoms with van der Waals surface area (Å²) >= 11 is 0. The fourth-order valence-electron chi connectivity index (χ4n) is 6.49. The van der Waals surface area contributed by atoms with Gasteiger partial charge in [-0.05, 0) is 59.7 Å². The number of rotatable bonds is 21. The molecule has 5 rings (SSSR count). The Morgan fingerprint density at radius 3 is 2.38 bits per heavy atom. The van der Waals surface area contributed by atoms with Gasteiger partial charge in [-0.2, -0.15) is 0 Å². The fourth-order valence-corrected chi connectivity index (χ4v) is 6.49. The molecule has 13 heteroatoms. The van der Waals surface area contributed by atoms with Crippen molar-refractivity contribution >= 4 is 16.7 Å². The van der Waals surface area contributed by atoms with Gasteiger partial charge in [-0.3, -0.25) is 4.79 Å². The molecule has 0 radical (unpaired) electrons. The largest absolute Gasteiger partial charge is 0.508 e. The highest BCUT2D eigenvalue weighted by molar-refractivity contribution is 5.89. The lowest BCUT2D eigenvalue weighted by Crippen LogP contribution is -2.54. The van der Waals surface area contributed by atoms with Crippen molar-refractivity contribution in [3.63, 3.8) is 0 Å². The molecule has 1 fully saturated rings. The number of phenolic OH excluding ortho intramolecular Hbond substituents is 1. The number of carbonyl (C=O) groups excluding carboxylic acids is 1. The van der Waals surface area contributed by atoms with Crippen molar-refractivity contribution in [1.29, 1.82) is 0 Å². The Kier molecular flexibility index (Phi) is 15.1. The van der Waals surface area contributed by atoms with Gasteiger partial charge in [0.1, 0.15) is 24.0 Å². The number of likely N-dealkylation sites (tertiary alicyclic amines) is 1. The Labute approximate surface area is 309 Å². The van der Waals surface area contributed by atoms with Crippen LogP contribution in [-0.2, 0) is 41.8 Å². The minimum absolute atomic E-state index is 0.0309. The standard InChI is InChI=1S/C40H48N2O11/c1-47-28-52-38-25-41(39(44)14-7-8-21-53-42(45)46)24-37(51-26-29-22-31-10-3-5-12-34(31)36(23-29)48-2)40(38)30-15-17-33(18-16-30)50-20-9-19-49-27-32-11-4-6-13-35(32)43/h3-6,10-13,15-18,22-23,37-38,40,43H,7-9,14,19-21,24-28H2,1-2H3. The number of phenols is 1. The minimum atomic E-state index is -0.826. The zero-order valence-corrected chi connectivity index (χ0v) is 30.2. The van der Waals surface area contributed by atoms with Crippen LogP contribution in [0.3, 0.4) is 0 Å². The van der Waals surface area contributed by atoms with Crippen LogP contribution in [0.25, 0.3) is 10.8 Å². The van der Waals surface area contributed by atoms with Gasteiger partial charge in [0.05, 0.1) is 52.4 Å². The molecule has 1 saturated heterocycles. The summed E-state index contributed by atoms with van der Waals surface area (Å²) in [6.07, 6.45) is 0.821. The smallest absolute Gasteiger partial charge is 0.294 e. The molecule has 1 heterocycles. The Balaban J connectivity index is 1.27. The average molecular weight is 733 g/mol. The second-order valence-corrected chi connectivity index (χ2v) is 12.8. The molecule has 3 atom stereocenters. The SMILES string of the molecule is COCOC1CN(C(=O)CCCCO[N+](=O)[O-])CC(OCc2cc(OC)c3ccccc3c2)C1c1ccc(OCCCOCc2ccccc2O)cc1. The average Bonchev–Trinajstić information content (AvgIpc) is 3.17. The number of methoxy groups -OCH3 is 2. The van der Waals surface area contributed by atoms with Crippen LogP contribution >= 0.6 is 0 Å². The van der Waals surface area contributed by atoms with E-state index in [-0.39, 0.29) is 44.0 Å². The Bertz CT molecular complexity index is 1750. The summed E-state index contributed by atoms with van der Waals surface area (Å²) in [5.74, 6) is 1.33. The molecule has 4 aromatic carbocycles. The molecular formula is C40H48N2O11. The number of benzene rings is 4. The first kappa shape index (κ1) is 39.3. The highest BCUT2D eigenvalue weighted by Gasteiger charge is 2.41. The van der Waals surface area contributed by atoms with E-state index in [1.807, 2.05) is 66.7 Å². The van der Waals surface area contributed by atoms with Crippen molar-refractivity contribution in [3.8, 4) is 17.2 Å². The maximum absolute atomic E-state index is 13.5. The first-order valence-corrected chi connectivity index (χ1v) is 17.8. The summed E-state index contributed by atoms with van der Waals surface area (Å²) in [7, 11) is 3.20. The van der Waals surface area contributed by atoms with Crippen LogP contribution in [0.1, 0.15) is 48.3 Å². The van der Waals surface area contributed by atoms with E-state index in [2.05, 4.69) is 10.9 Å². The molecule has 4 aromatic rings. The van der Waals surface area contributed by atoms with Gasteiger partial charge in [-0.15, -0.1) is 10.1 Å². The maximum Gasteiger partial charge on any atom is 0.294 e. The van der Waals surface area contributed by atoms with Crippen LogP contribution in [0.15, 0.2) is 84.9 Å². The maximum atomic E-state index is 13.5. The first-order chi connectivity index (χ1) is 25.9. The number of aromatic hydroxyl groups is 1. The second-order valence-electron chi connectivity index (χ2n) is 12.8. The predicted octanol–water partition coefficient (Wildman–Crippen LogP) is 6.42. The summed E-state index contributed by atoms with van der Waals surface area (Å²) in [4.78, 5) is 30.1. The summed E-state index contributed by atoms with van der Waals surface area (Å²) in [6.45, 7) is 2.16. The normalized spacial score (nSPS) is 17.1. The Morgan fingerprint density at radius 2 is 1.62 bits per heavy atom. The van der Waals surface area contributed by atoms with Crippen LogP contribution in [-0.4, -0.2) is 87.1 Å². The van der Waals surface area contributed by atoms with Crippen LogP contribution in [0.2, 0.25) is 0 Å². The number of nitrogens with zero attached hydrogens (tertiary/aromatic N) is 2. The number of unbranched alkanes of at least 4 members (excludes halogenated alkanes) is 1. The number of piperidine rings is 1. The monoisotopic (exact) mass is 732 g/mol. The van der Waals surface area contributed by atoms with Crippen molar-refractivity contribution < 1.29 is 48.2 Å². The van der Waals surface area contributed by atoms with Crippen molar-refractivity contribution in [2.24, 2.45) is 0 Å². The van der Waals surface area contributed by atoms with E-state index in [0.29, 0.717) is 57.9 Å². The lowest BCUT2D eigenvalue weighted by Gasteiger charge is -2.43. The minimum Gasteiger partial charge on any atom is -0.508 e. The molecule has 284 valence electrons. The summed E-state index contributed by atoms with van der Waals surface area (Å²) in [6, 6.07) is 27.0. The van der Waals surface area contributed by atoms with Crippen molar-refractivity contribution in [2.45, 2.75) is 57.0 Å². The van der Waals surface area contributed by atoms with Gasteiger partial charge in [-0.1, -0.05) is 54.6 Å². The third-order valence-electron chi connectivity index (χ3n) is 9.12. The van der Waals surface area contributed by atoms with E-state index in [4.69, 9.17) is 28.4 Å². The van der Waals surface area contributed by atoms with Gasteiger partial charge in [0.25, 0.3) is 5.09 Å². The highest BCUT2D eigenvalue weighted by atomic mass is 16.9. The van der Waals surface area contributed by atoms with Crippen molar-refractivity contribution in [1.82, 2.24) is 4.90 Å². The fraction of sp³-hybridized carbons (Fsp3) is 0.425. The highest BCUT2D eigenvalue weighted by Crippen LogP contribution is 2.36. The number of fused-ring (bicyclic) bond motifs is 1. The molecule has 0 spiro atoms. The molecule has 0 aromatic heterocycles. The number of para-hydroxylation sites is 1. The van der Waals surface area contributed by atoms with E-state index >= 15 is 0 Å². The lowest BCUT2D eigenvalue weighted by atomic mass is 9.84. The molecule has 1 aliphatic heterocycles. The molecule has 0 aliphatic carbocycles. The predicted molar refractivity (Wildman–Crippen MR) is 196 cm³/mol. The van der Waals surface area contributed by atoms with E-state index in [9.17, 15) is 20.0 Å². The van der Waals surface area contributed by atoms with Crippen LogP contribution in [0, 0.1) is 10.1 Å². The molecule has 1 N–H and O–H groups in total. The Morgan fingerprint density at radius 1 is 0.868 bits per heavy atom. The molecule has 13 nitrogen and oxygen atoms in total. The molecule has 0 bridgehead atoms. The molecule has 0 saturated carbocycles. The van der Waals surface area contributed by atoms with Gasteiger partial charge in [-0.25, -0.2) is 0 Å². The molecule has 1 amide bonds. The molecule has 53 heavy (non-hydrogen) atoms. The van der Waals surface area contributed by atoms with Crippen LogP contribution in [0.4, 0.5) is 0 Å². The van der Waals surface area contributed by atoms with E-state index in [1.165, 1.54) is 0 Å². The topological polar surface area (TPSA) is 148 Å². The molecular weight excluding hydrogens is 684 g/mol. The number of carbonyl (C=O) groups is 1. The number of amides is 1. The van der Waals surface area contributed by atoms with E-state index in [1.54, 1.807) is 31.3 Å². The van der Waals surface area contributed by atoms with E-state index < -0.39 is 17.3 Å². The van der Waals surface area contributed by atoms with Crippen LogP contribution in [0.5, 0.6) is 17.2 Å². The second kappa shape index (κ2) is 20.3. The zero-order chi connectivity index (χ0) is 37.4. The number of hydrogen-bond acceptors (Lipinski definition) is 11. The van der Waals surface area contributed by atoms with Gasteiger partial charge in [0.15, 0.2) is 0 Å². The molecule has 3 unspecified atom stereocenters. The number of ether oxygens (including phenoxy) is 6. The first-order valence-electron chi connectivity index (χ1n) is 17.8. The third kappa shape index (κ3) is 11.5. The van der Waals surface area contributed by atoms with Gasteiger partial charge < -0.3 is 43.3 Å². The van der Waals surface area contributed by atoms with E-state index in [0.717, 1.165) is 33.2 Å². The lowest BCUT2D eigenvalue weighted by molar-refractivity contribution is -0.757. The van der Waals surface area contributed by atoms with Crippen molar-refractivity contribution in [2.75, 3.05) is 53.9 Å². The van der Waals surface area contributed by atoms with Crippen molar-refractivity contribution in [3.05, 3.63) is 112 Å². The van der Waals surface area contributed by atoms with Gasteiger partial charge in [0.2, 0.25) is 5.91 Å². The third-order valence-corrected chi connectivity index (χ3v) is 9.12. The number of hydrogen-bond donors (Lipinski definition) is 1. The van der Waals surface area contributed by atoms with Gasteiger partial charge in [0, 0.05) is 49.9 Å². The summed E-state index contributed by atoms with van der Waals surface area (Å²) in [5.41, 5.74) is 2.64. The van der Waals surface area contributed by atoms with Gasteiger partial charge >= 0.3 is 0 Å². The zero-order valence-electron chi connectivity index (χ0n) is 30.2.